The molecule has 0 bridgehead atoms. The third-order valence-corrected chi connectivity index (χ3v) is 1.53. The van der Waals surface area contributed by atoms with Gasteiger partial charge in [0.1, 0.15) is 0 Å². The topological polar surface area (TPSA) is 55.5 Å². The summed E-state index contributed by atoms with van der Waals surface area (Å²) in [5.74, 6) is -1.34. The van der Waals surface area contributed by atoms with Crippen LogP contribution in [-0.4, -0.2) is 17.6 Å². The summed E-state index contributed by atoms with van der Waals surface area (Å²) in [7, 11) is 0. The van der Waals surface area contributed by atoms with Crippen LogP contribution < -0.4 is 5.73 Å². The number of hydrogen-bond donors (Lipinski definition) is 2. The summed E-state index contributed by atoms with van der Waals surface area (Å²) in [6, 6.07) is 0. The molecule has 9 heavy (non-hydrogen) atoms. The van der Waals surface area contributed by atoms with Crippen molar-refractivity contribution in [2.75, 3.05) is 6.61 Å². The lowest BCUT2D eigenvalue weighted by Crippen LogP contribution is -2.41. The highest BCUT2D eigenvalue weighted by Gasteiger charge is 2.22. The third kappa shape index (κ3) is 2.30. The van der Waals surface area contributed by atoms with E-state index in [9.17, 15) is 0 Å². The van der Waals surface area contributed by atoms with Gasteiger partial charge in [0.25, 0.3) is 0 Å². The first-order chi connectivity index (χ1) is 4.21. The minimum atomic E-state index is -1.34. The molecule has 1 heterocycles. The summed E-state index contributed by atoms with van der Waals surface area (Å²) in [4.78, 5) is 0. The standard InChI is InChI=1S/C6H13NO2/c7-6(8)4-2-1-3-5-9-6/h8H,1-5,7H2. The predicted octanol–water partition coefficient (Wildman–Crippen LogP) is 0.182. The molecule has 0 aromatic carbocycles. The molecule has 0 aromatic rings. The number of ether oxygens (including phenoxy) is 1. The molecule has 54 valence electrons. The molecule has 0 aliphatic carbocycles. The van der Waals surface area contributed by atoms with E-state index >= 15 is 0 Å². The first kappa shape index (κ1) is 6.99. The maximum atomic E-state index is 9.11. The quantitative estimate of drug-likeness (QED) is 0.461. The molecule has 3 heteroatoms. The maximum Gasteiger partial charge on any atom is 0.222 e. The predicted molar refractivity (Wildman–Crippen MR) is 33.6 cm³/mol. The van der Waals surface area contributed by atoms with Crippen LogP contribution in [0, 0.1) is 0 Å². The second-order valence-corrected chi connectivity index (χ2v) is 2.50. The van der Waals surface area contributed by atoms with Crippen LogP contribution in [-0.2, 0) is 4.74 Å². The molecule has 3 nitrogen and oxygen atoms in total. The van der Waals surface area contributed by atoms with E-state index in [-0.39, 0.29) is 0 Å². The van der Waals surface area contributed by atoms with Crippen molar-refractivity contribution in [3.8, 4) is 0 Å². The van der Waals surface area contributed by atoms with Gasteiger partial charge in [-0.3, -0.25) is 5.73 Å². The zero-order valence-corrected chi connectivity index (χ0v) is 5.47. The van der Waals surface area contributed by atoms with Crippen LogP contribution >= 0.6 is 0 Å². The molecule has 1 saturated heterocycles. The van der Waals surface area contributed by atoms with Crippen LogP contribution in [0.1, 0.15) is 25.7 Å². The number of rotatable bonds is 0. The van der Waals surface area contributed by atoms with Crippen molar-refractivity contribution in [2.24, 2.45) is 5.73 Å². The van der Waals surface area contributed by atoms with Gasteiger partial charge in [0.15, 0.2) is 0 Å². The summed E-state index contributed by atoms with van der Waals surface area (Å²) >= 11 is 0. The minimum absolute atomic E-state index is 0.562. The lowest BCUT2D eigenvalue weighted by atomic mass is 10.2. The third-order valence-electron chi connectivity index (χ3n) is 1.53. The van der Waals surface area contributed by atoms with Crippen molar-refractivity contribution in [3.05, 3.63) is 0 Å². The van der Waals surface area contributed by atoms with Crippen molar-refractivity contribution >= 4 is 0 Å². The Hall–Kier alpha value is -0.120. The van der Waals surface area contributed by atoms with E-state index in [4.69, 9.17) is 15.6 Å². The fourth-order valence-electron chi connectivity index (χ4n) is 0.978. The first-order valence-corrected chi connectivity index (χ1v) is 3.36. The van der Waals surface area contributed by atoms with Gasteiger partial charge in [-0.05, 0) is 12.8 Å². The highest BCUT2D eigenvalue weighted by Crippen LogP contribution is 2.15. The Balaban J connectivity index is 2.36. The van der Waals surface area contributed by atoms with Gasteiger partial charge >= 0.3 is 0 Å². The van der Waals surface area contributed by atoms with Crippen molar-refractivity contribution in [2.45, 2.75) is 31.6 Å². The summed E-state index contributed by atoms with van der Waals surface area (Å²) in [5.41, 5.74) is 5.31. The summed E-state index contributed by atoms with van der Waals surface area (Å²) in [6.45, 7) is 0.590. The van der Waals surface area contributed by atoms with E-state index in [0.29, 0.717) is 13.0 Å². The van der Waals surface area contributed by atoms with Crippen LogP contribution in [0.15, 0.2) is 0 Å². The molecule has 0 radical (unpaired) electrons. The first-order valence-electron chi connectivity index (χ1n) is 3.36. The Morgan fingerprint density at radius 3 is 2.89 bits per heavy atom. The van der Waals surface area contributed by atoms with Gasteiger partial charge in [-0.15, -0.1) is 0 Å². The minimum Gasteiger partial charge on any atom is -0.353 e. The second-order valence-electron chi connectivity index (χ2n) is 2.50. The molecule has 1 fully saturated rings. The van der Waals surface area contributed by atoms with E-state index in [1.165, 1.54) is 0 Å². The lowest BCUT2D eigenvalue weighted by Gasteiger charge is -2.19. The average molecular weight is 131 g/mol. The van der Waals surface area contributed by atoms with Gasteiger partial charge in [-0.2, -0.15) is 0 Å². The summed E-state index contributed by atoms with van der Waals surface area (Å²) in [6.07, 6.45) is 3.65. The fourth-order valence-corrected chi connectivity index (χ4v) is 0.978. The fraction of sp³-hybridized carbons (Fsp3) is 1.00. The molecule has 0 amide bonds. The van der Waals surface area contributed by atoms with Gasteiger partial charge < -0.3 is 9.84 Å². The molecule has 1 rings (SSSR count). The lowest BCUT2D eigenvalue weighted by molar-refractivity contribution is -0.197. The molecule has 0 spiro atoms. The molecule has 1 atom stereocenters. The van der Waals surface area contributed by atoms with E-state index in [1.54, 1.807) is 0 Å². The van der Waals surface area contributed by atoms with Gasteiger partial charge in [0.05, 0.1) is 6.61 Å². The second kappa shape index (κ2) is 2.64. The van der Waals surface area contributed by atoms with Crippen LogP contribution in [0.3, 0.4) is 0 Å². The number of hydrogen-bond acceptors (Lipinski definition) is 3. The zero-order valence-electron chi connectivity index (χ0n) is 5.47. The van der Waals surface area contributed by atoms with E-state index in [1.807, 2.05) is 0 Å². The molecule has 3 N–H and O–H groups in total. The zero-order chi connectivity index (χ0) is 6.74. The van der Waals surface area contributed by atoms with Crippen molar-refractivity contribution in [1.82, 2.24) is 0 Å². The van der Waals surface area contributed by atoms with E-state index < -0.39 is 5.91 Å². The van der Waals surface area contributed by atoms with Crippen molar-refractivity contribution < 1.29 is 9.84 Å². The highest BCUT2D eigenvalue weighted by atomic mass is 16.6. The number of aliphatic hydroxyl groups is 1. The Bertz CT molecular complexity index is 83.1. The molecule has 0 saturated carbocycles. The normalized spacial score (nSPS) is 38.0. The maximum absolute atomic E-state index is 9.11. The van der Waals surface area contributed by atoms with Gasteiger partial charge in [0.2, 0.25) is 5.91 Å². The van der Waals surface area contributed by atoms with E-state index in [2.05, 4.69) is 0 Å². The Kier molecular flexibility index (Phi) is 2.05. The molecule has 1 aliphatic rings. The van der Waals surface area contributed by atoms with E-state index in [0.717, 1.165) is 19.3 Å². The van der Waals surface area contributed by atoms with Crippen LogP contribution in [0.5, 0.6) is 0 Å². The largest absolute Gasteiger partial charge is 0.353 e. The average Bonchev–Trinajstić information content (AvgIpc) is 1.92. The Labute approximate surface area is 54.8 Å². The number of nitrogens with two attached hydrogens (primary N) is 1. The highest BCUT2D eigenvalue weighted by molar-refractivity contribution is 4.61. The molecule has 0 aromatic heterocycles. The Morgan fingerprint density at radius 2 is 2.11 bits per heavy atom. The molecule has 1 unspecified atom stereocenters. The Morgan fingerprint density at radius 1 is 1.33 bits per heavy atom. The molecular formula is C6H13NO2. The van der Waals surface area contributed by atoms with Crippen molar-refractivity contribution in [1.29, 1.82) is 0 Å². The van der Waals surface area contributed by atoms with Gasteiger partial charge in [-0.25, -0.2) is 0 Å². The van der Waals surface area contributed by atoms with Crippen molar-refractivity contribution in [3.63, 3.8) is 0 Å². The molecular weight excluding hydrogens is 118 g/mol. The van der Waals surface area contributed by atoms with Crippen LogP contribution in [0.2, 0.25) is 0 Å². The molecule has 1 aliphatic heterocycles. The van der Waals surface area contributed by atoms with Crippen LogP contribution in [0.4, 0.5) is 0 Å². The van der Waals surface area contributed by atoms with Gasteiger partial charge in [0, 0.05) is 6.42 Å². The summed E-state index contributed by atoms with van der Waals surface area (Å²) in [5, 5.41) is 9.11. The smallest absolute Gasteiger partial charge is 0.222 e. The monoisotopic (exact) mass is 131 g/mol. The SMILES string of the molecule is NC1(O)CCCCCO1. The summed E-state index contributed by atoms with van der Waals surface area (Å²) < 4.78 is 4.92. The van der Waals surface area contributed by atoms with Gasteiger partial charge in [-0.1, -0.05) is 6.42 Å². The van der Waals surface area contributed by atoms with Crippen LogP contribution in [0.25, 0.3) is 0 Å².